The number of fused-ring (bicyclic) bond motifs is 1. The molecule has 0 N–H and O–H groups in total. The summed E-state index contributed by atoms with van der Waals surface area (Å²) in [5, 5.41) is 0. The molecule has 27 heavy (non-hydrogen) atoms. The van der Waals surface area contributed by atoms with Crippen LogP contribution < -0.4 is 4.90 Å². The Bertz CT molecular complexity index is 819. The van der Waals surface area contributed by atoms with Gasteiger partial charge in [-0.15, -0.1) is 0 Å². The molecule has 2 aromatic rings. The number of aromatic nitrogens is 3. The van der Waals surface area contributed by atoms with Crippen molar-refractivity contribution in [2.75, 3.05) is 24.6 Å². The van der Waals surface area contributed by atoms with E-state index < -0.39 is 0 Å². The molecule has 2 unspecified atom stereocenters. The predicted octanol–water partition coefficient (Wildman–Crippen LogP) is 3.16. The Balaban J connectivity index is 1.53. The molecule has 1 saturated carbocycles. The molecule has 2 fully saturated rings. The molecule has 0 radical (unpaired) electrons. The first kappa shape index (κ1) is 18.0. The summed E-state index contributed by atoms with van der Waals surface area (Å²) in [6.45, 7) is 9.56. The maximum atomic E-state index is 11.8. The fourth-order valence-electron chi connectivity index (χ4n) is 3.94. The zero-order valence-electron chi connectivity index (χ0n) is 16.4. The fraction of sp³-hybridized carbons (Fsp3) is 0.571. The van der Waals surface area contributed by atoms with Gasteiger partial charge < -0.3 is 14.2 Å². The highest BCUT2D eigenvalue weighted by Gasteiger charge is 2.45. The second-order valence-corrected chi connectivity index (χ2v) is 8.19. The molecule has 0 amide bonds. The van der Waals surface area contributed by atoms with Crippen molar-refractivity contribution in [1.29, 1.82) is 0 Å². The van der Waals surface area contributed by atoms with Crippen LogP contribution in [0.4, 0.5) is 5.82 Å². The zero-order valence-corrected chi connectivity index (χ0v) is 16.4. The molecule has 1 aliphatic carbocycles. The summed E-state index contributed by atoms with van der Waals surface area (Å²) >= 11 is 0. The van der Waals surface area contributed by atoms with Crippen LogP contribution in [0.25, 0.3) is 0 Å². The first-order chi connectivity index (χ1) is 13.0. The van der Waals surface area contributed by atoms with Gasteiger partial charge in [-0.3, -0.25) is 0 Å². The van der Waals surface area contributed by atoms with Crippen LogP contribution in [0.5, 0.6) is 0 Å². The van der Waals surface area contributed by atoms with Crippen molar-refractivity contribution in [3.8, 4) is 0 Å². The standard InChI is InChI=1S/C21H28N4O2/c1-4-27-21(26)19-12-24(13-22-19)9-15-5-6-20(23-18(15)7-14(2)3)25-10-16-8-17(16)11-25/h5-6,12-14,16-17H,4,7-11H2,1-3H3. The number of hydrogen-bond acceptors (Lipinski definition) is 5. The molecule has 4 rings (SSSR count). The van der Waals surface area contributed by atoms with Crippen LogP contribution in [0.15, 0.2) is 24.7 Å². The average Bonchev–Trinajstić information content (AvgIpc) is 3.04. The number of hydrogen-bond donors (Lipinski definition) is 0. The van der Waals surface area contributed by atoms with Gasteiger partial charge in [-0.2, -0.15) is 0 Å². The molecule has 2 atom stereocenters. The summed E-state index contributed by atoms with van der Waals surface area (Å²) in [6, 6.07) is 4.33. The summed E-state index contributed by atoms with van der Waals surface area (Å²) in [4.78, 5) is 23.5. The number of nitrogens with zero attached hydrogens (tertiary/aromatic N) is 4. The minimum atomic E-state index is -0.375. The Morgan fingerprint density at radius 1 is 1.30 bits per heavy atom. The van der Waals surface area contributed by atoms with Gasteiger partial charge in [0.1, 0.15) is 5.82 Å². The maximum Gasteiger partial charge on any atom is 0.358 e. The van der Waals surface area contributed by atoms with E-state index >= 15 is 0 Å². The van der Waals surface area contributed by atoms with Crippen LogP contribution in [-0.2, 0) is 17.7 Å². The lowest BCUT2D eigenvalue weighted by Crippen LogP contribution is -2.23. The normalized spacial score (nSPS) is 20.8. The Labute approximate surface area is 160 Å². The third-order valence-corrected chi connectivity index (χ3v) is 5.43. The fourth-order valence-corrected chi connectivity index (χ4v) is 3.94. The van der Waals surface area contributed by atoms with Crippen LogP contribution in [0.3, 0.4) is 0 Å². The van der Waals surface area contributed by atoms with Crippen LogP contribution in [0.2, 0.25) is 0 Å². The first-order valence-electron chi connectivity index (χ1n) is 9.96. The molecule has 2 aliphatic rings. The predicted molar refractivity (Wildman–Crippen MR) is 104 cm³/mol. The van der Waals surface area contributed by atoms with Crippen molar-refractivity contribution in [3.63, 3.8) is 0 Å². The minimum absolute atomic E-state index is 0.350. The minimum Gasteiger partial charge on any atom is -0.461 e. The Morgan fingerprint density at radius 3 is 2.78 bits per heavy atom. The van der Waals surface area contributed by atoms with E-state index in [1.165, 1.54) is 12.0 Å². The van der Waals surface area contributed by atoms with Gasteiger partial charge in [-0.25, -0.2) is 14.8 Å². The summed E-state index contributed by atoms with van der Waals surface area (Å²) < 4.78 is 6.95. The summed E-state index contributed by atoms with van der Waals surface area (Å²) in [6.07, 6.45) is 5.78. The lowest BCUT2D eigenvalue weighted by molar-refractivity contribution is 0.0520. The smallest absolute Gasteiger partial charge is 0.358 e. The summed E-state index contributed by atoms with van der Waals surface area (Å²) in [7, 11) is 0. The summed E-state index contributed by atoms with van der Waals surface area (Å²) in [5.41, 5.74) is 2.68. The van der Waals surface area contributed by atoms with Crippen LogP contribution in [-0.4, -0.2) is 40.2 Å². The molecule has 2 aromatic heterocycles. The third-order valence-electron chi connectivity index (χ3n) is 5.43. The number of imidazole rings is 1. The number of rotatable bonds is 7. The molecule has 6 nitrogen and oxygen atoms in total. The number of pyridine rings is 1. The second kappa shape index (κ2) is 7.33. The monoisotopic (exact) mass is 368 g/mol. The topological polar surface area (TPSA) is 60.2 Å². The third kappa shape index (κ3) is 3.99. The van der Waals surface area contributed by atoms with Gasteiger partial charge in [0.15, 0.2) is 5.69 Å². The van der Waals surface area contributed by atoms with Gasteiger partial charge in [0.05, 0.1) is 19.5 Å². The lowest BCUT2D eigenvalue weighted by atomic mass is 10.0. The Morgan fingerprint density at radius 2 is 2.07 bits per heavy atom. The number of carbonyl (C=O) groups excluding carboxylic acids is 1. The molecule has 0 aromatic carbocycles. The van der Waals surface area contributed by atoms with Crippen LogP contribution >= 0.6 is 0 Å². The van der Waals surface area contributed by atoms with Crippen LogP contribution in [0, 0.1) is 17.8 Å². The first-order valence-corrected chi connectivity index (χ1v) is 9.96. The average molecular weight is 368 g/mol. The molecule has 6 heteroatoms. The quantitative estimate of drug-likeness (QED) is 0.703. The van der Waals surface area contributed by atoms with E-state index in [-0.39, 0.29) is 5.97 Å². The molecule has 144 valence electrons. The highest BCUT2D eigenvalue weighted by molar-refractivity contribution is 5.86. The van der Waals surface area contributed by atoms with Crippen molar-refractivity contribution in [1.82, 2.24) is 14.5 Å². The van der Waals surface area contributed by atoms with E-state index in [2.05, 4.69) is 35.9 Å². The molecular formula is C21H28N4O2. The SMILES string of the molecule is CCOC(=O)c1cn(Cc2ccc(N3CC4CC4C3)nc2CC(C)C)cn1. The molecule has 1 aliphatic heterocycles. The number of anilines is 1. The van der Waals surface area contributed by atoms with Crippen molar-refractivity contribution >= 4 is 11.8 Å². The van der Waals surface area contributed by atoms with Gasteiger partial charge >= 0.3 is 5.97 Å². The van der Waals surface area contributed by atoms with Gasteiger partial charge in [-0.05, 0) is 49.1 Å². The molecule has 0 bridgehead atoms. The highest BCUT2D eigenvalue weighted by atomic mass is 16.5. The number of ether oxygens (including phenoxy) is 1. The van der Waals surface area contributed by atoms with Gasteiger partial charge in [0.25, 0.3) is 0 Å². The van der Waals surface area contributed by atoms with E-state index in [9.17, 15) is 4.79 Å². The van der Waals surface area contributed by atoms with Crippen LogP contribution in [0.1, 0.15) is 48.9 Å². The van der Waals surface area contributed by atoms with Crippen molar-refractivity contribution in [3.05, 3.63) is 41.6 Å². The van der Waals surface area contributed by atoms with Gasteiger partial charge in [0.2, 0.25) is 0 Å². The van der Waals surface area contributed by atoms with Gasteiger partial charge in [0, 0.05) is 25.0 Å². The molecule has 1 saturated heterocycles. The Kier molecular flexibility index (Phi) is 4.89. The highest BCUT2D eigenvalue weighted by Crippen LogP contribution is 2.46. The van der Waals surface area contributed by atoms with E-state index in [1.54, 1.807) is 19.4 Å². The maximum absolute atomic E-state index is 11.8. The Hall–Kier alpha value is -2.37. The van der Waals surface area contributed by atoms with Gasteiger partial charge in [-0.1, -0.05) is 19.9 Å². The van der Waals surface area contributed by atoms with E-state index in [0.717, 1.165) is 42.9 Å². The van der Waals surface area contributed by atoms with Crippen molar-refractivity contribution < 1.29 is 9.53 Å². The summed E-state index contributed by atoms with van der Waals surface area (Å²) in [5.74, 6) is 3.06. The second-order valence-electron chi connectivity index (χ2n) is 8.19. The molecule has 3 heterocycles. The molecule has 0 spiro atoms. The van der Waals surface area contributed by atoms with Crippen molar-refractivity contribution in [2.45, 2.75) is 40.2 Å². The molecular weight excluding hydrogens is 340 g/mol. The lowest BCUT2D eigenvalue weighted by Gasteiger charge is -2.21. The van der Waals surface area contributed by atoms with E-state index in [0.29, 0.717) is 24.8 Å². The number of carbonyl (C=O) groups is 1. The zero-order chi connectivity index (χ0) is 19.0. The largest absolute Gasteiger partial charge is 0.461 e. The van der Waals surface area contributed by atoms with Crippen molar-refractivity contribution in [2.24, 2.45) is 17.8 Å². The van der Waals surface area contributed by atoms with E-state index in [1.807, 2.05) is 4.57 Å². The van der Waals surface area contributed by atoms with E-state index in [4.69, 9.17) is 9.72 Å². The number of esters is 1. The number of piperidine rings is 1.